The van der Waals surface area contributed by atoms with E-state index in [0.717, 1.165) is 5.69 Å². The molecular weight excluding hydrogens is 461 g/mol. The number of hydrogen-bond donors (Lipinski definition) is 0. The normalized spacial score (nSPS) is 12.3. The molecule has 0 aliphatic heterocycles. The number of nitrogens with zero attached hydrogens (tertiary/aromatic N) is 4. The molecule has 0 aliphatic carbocycles. The monoisotopic (exact) mass is 484 g/mol. The van der Waals surface area contributed by atoms with Gasteiger partial charge >= 0.3 is 12.5 Å². The SMILES string of the molecule is CC(C)c1cnc2c(N(Cc3ccccc3OC(F)(F)F)C(=O)OC(C)(C)C)cc(Cl)nn12. The first-order valence-corrected chi connectivity index (χ1v) is 10.5. The summed E-state index contributed by atoms with van der Waals surface area (Å²) >= 11 is 6.25. The van der Waals surface area contributed by atoms with E-state index in [-0.39, 0.29) is 28.9 Å². The number of para-hydroxylation sites is 1. The number of carbonyl (C=O) groups is 1. The predicted molar refractivity (Wildman–Crippen MR) is 118 cm³/mol. The average Bonchev–Trinajstić information content (AvgIpc) is 3.08. The lowest BCUT2D eigenvalue weighted by molar-refractivity contribution is -0.274. The van der Waals surface area contributed by atoms with Crippen LogP contribution in [0.25, 0.3) is 5.65 Å². The Balaban J connectivity index is 2.15. The zero-order valence-electron chi connectivity index (χ0n) is 18.8. The lowest BCUT2D eigenvalue weighted by Crippen LogP contribution is -2.37. The topological polar surface area (TPSA) is 69.0 Å². The van der Waals surface area contributed by atoms with E-state index in [1.807, 2.05) is 13.8 Å². The van der Waals surface area contributed by atoms with Crippen LogP contribution in [0.15, 0.2) is 36.5 Å². The molecule has 0 fully saturated rings. The number of aromatic nitrogens is 3. The number of carbonyl (C=O) groups excluding carboxylic acids is 1. The Bertz CT molecular complexity index is 1160. The molecule has 33 heavy (non-hydrogen) atoms. The fourth-order valence-corrected chi connectivity index (χ4v) is 3.31. The fraction of sp³-hybridized carbons (Fsp3) is 0.409. The molecule has 0 saturated carbocycles. The van der Waals surface area contributed by atoms with E-state index >= 15 is 0 Å². The van der Waals surface area contributed by atoms with Crippen LogP contribution < -0.4 is 9.64 Å². The zero-order valence-corrected chi connectivity index (χ0v) is 19.5. The third kappa shape index (κ3) is 6.07. The second-order valence-corrected chi connectivity index (χ2v) is 9.03. The van der Waals surface area contributed by atoms with Crippen LogP contribution >= 0.6 is 11.6 Å². The third-order valence-electron chi connectivity index (χ3n) is 4.47. The van der Waals surface area contributed by atoms with E-state index < -0.39 is 23.8 Å². The van der Waals surface area contributed by atoms with Crippen molar-refractivity contribution in [2.45, 2.75) is 59.0 Å². The van der Waals surface area contributed by atoms with Crippen molar-refractivity contribution in [2.75, 3.05) is 4.90 Å². The number of benzene rings is 1. The molecule has 3 aromatic rings. The summed E-state index contributed by atoms with van der Waals surface area (Å²) in [6.45, 7) is 8.66. The molecule has 2 aromatic heterocycles. The molecule has 0 aliphatic rings. The second-order valence-electron chi connectivity index (χ2n) is 8.65. The Labute approximate surface area is 194 Å². The van der Waals surface area contributed by atoms with E-state index in [9.17, 15) is 18.0 Å². The van der Waals surface area contributed by atoms with Gasteiger partial charge in [-0.05, 0) is 32.8 Å². The lowest BCUT2D eigenvalue weighted by atomic mass is 10.1. The van der Waals surface area contributed by atoms with Crippen molar-refractivity contribution in [3.63, 3.8) is 0 Å². The smallest absolute Gasteiger partial charge is 0.443 e. The zero-order chi connectivity index (χ0) is 24.6. The van der Waals surface area contributed by atoms with Crippen LogP contribution in [0, 0.1) is 0 Å². The summed E-state index contributed by atoms with van der Waals surface area (Å²) in [6, 6.07) is 6.99. The summed E-state index contributed by atoms with van der Waals surface area (Å²) < 4.78 is 50.0. The molecule has 1 aromatic carbocycles. The molecule has 0 spiro atoms. The van der Waals surface area contributed by atoms with Crippen molar-refractivity contribution in [3.05, 3.63) is 52.9 Å². The third-order valence-corrected chi connectivity index (χ3v) is 4.65. The van der Waals surface area contributed by atoms with Crippen molar-refractivity contribution in [2.24, 2.45) is 0 Å². The Morgan fingerprint density at radius 1 is 1.21 bits per heavy atom. The highest BCUT2D eigenvalue weighted by molar-refractivity contribution is 6.29. The Morgan fingerprint density at radius 3 is 2.48 bits per heavy atom. The van der Waals surface area contributed by atoms with Crippen LogP contribution in [-0.2, 0) is 11.3 Å². The molecule has 0 N–H and O–H groups in total. The first kappa shape index (κ1) is 24.6. The van der Waals surface area contributed by atoms with Crippen LogP contribution in [0.5, 0.6) is 5.75 Å². The number of rotatable bonds is 5. The maximum atomic E-state index is 13.2. The molecule has 0 bridgehead atoms. The molecule has 7 nitrogen and oxygen atoms in total. The van der Waals surface area contributed by atoms with Crippen LogP contribution in [0.4, 0.5) is 23.7 Å². The van der Waals surface area contributed by atoms with Gasteiger partial charge < -0.3 is 9.47 Å². The van der Waals surface area contributed by atoms with Gasteiger partial charge in [0.2, 0.25) is 0 Å². The van der Waals surface area contributed by atoms with Crippen molar-refractivity contribution in [1.29, 1.82) is 0 Å². The van der Waals surface area contributed by atoms with Crippen LogP contribution in [0.2, 0.25) is 5.15 Å². The van der Waals surface area contributed by atoms with E-state index in [4.69, 9.17) is 16.3 Å². The summed E-state index contributed by atoms with van der Waals surface area (Å²) in [4.78, 5) is 18.8. The van der Waals surface area contributed by atoms with Crippen LogP contribution in [0.3, 0.4) is 0 Å². The number of imidazole rings is 1. The molecule has 11 heteroatoms. The summed E-state index contributed by atoms with van der Waals surface area (Å²) in [5.74, 6) is -0.379. The van der Waals surface area contributed by atoms with Gasteiger partial charge in [-0.2, -0.15) is 5.10 Å². The molecule has 3 rings (SSSR count). The maximum Gasteiger partial charge on any atom is 0.573 e. The highest BCUT2D eigenvalue weighted by Gasteiger charge is 2.33. The maximum absolute atomic E-state index is 13.2. The molecule has 1 amide bonds. The minimum Gasteiger partial charge on any atom is -0.443 e. The van der Waals surface area contributed by atoms with Gasteiger partial charge in [-0.15, -0.1) is 13.2 Å². The van der Waals surface area contributed by atoms with Gasteiger partial charge in [0.1, 0.15) is 11.4 Å². The lowest BCUT2D eigenvalue weighted by Gasteiger charge is -2.28. The molecule has 0 unspecified atom stereocenters. The predicted octanol–water partition coefficient (Wildman–Crippen LogP) is 6.35. The minimum absolute atomic E-state index is 0.0507. The molecule has 0 atom stereocenters. The first-order valence-electron chi connectivity index (χ1n) is 10.1. The van der Waals surface area contributed by atoms with Crippen molar-refractivity contribution in [3.8, 4) is 5.75 Å². The second kappa shape index (κ2) is 9.09. The standard InChI is InChI=1S/C22H24ClF3N4O3/c1-13(2)16-11-27-19-15(10-18(23)28-30(16)19)29(20(31)33-21(3,4)5)12-14-8-6-7-9-17(14)32-22(24,25)26/h6-11,13H,12H2,1-5H3. The number of ether oxygens (including phenoxy) is 2. The molecule has 0 radical (unpaired) electrons. The highest BCUT2D eigenvalue weighted by atomic mass is 35.5. The van der Waals surface area contributed by atoms with Crippen molar-refractivity contribution in [1.82, 2.24) is 14.6 Å². The number of hydrogen-bond acceptors (Lipinski definition) is 5. The number of fused-ring (bicyclic) bond motifs is 1. The van der Waals surface area contributed by atoms with E-state index in [1.54, 1.807) is 33.0 Å². The molecule has 2 heterocycles. The Kier molecular flexibility index (Phi) is 6.78. The molecule has 178 valence electrons. The van der Waals surface area contributed by atoms with Gasteiger partial charge in [0.05, 0.1) is 24.1 Å². The Morgan fingerprint density at radius 2 is 1.88 bits per heavy atom. The number of alkyl halides is 3. The molecule has 0 saturated heterocycles. The van der Waals surface area contributed by atoms with Crippen molar-refractivity contribution < 1.29 is 27.4 Å². The number of halogens is 4. The number of anilines is 1. The summed E-state index contributed by atoms with van der Waals surface area (Å²) in [7, 11) is 0. The molecular formula is C22H24ClF3N4O3. The largest absolute Gasteiger partial charge is 0.573 e. The first-order chi connectivity index (χ1) is 15.2. The van der Waals surface area contributed by atoms with Gasteiger partial charge in [0.15, 0.2) is 10.8 Å². The quantitative estimate of drug-likeness (QED) is 0.422. The summed E-state index contributed by atoms with van der Waals surface area (Å²) in [6.07, 6.45) is -4.07. The highest BCUT2D eigenvalue weighted by Crippen LogP contribution is 2.32. The van der Waals surface area contributed by atoms with Crippen LogP contribution in [0.1, 0.15) is 51.8 Å². The number of amides is 1. The van der Waals surface area contributed by atoms with E-state index in [1.165, 1.54) is 33.7 Å². The van der Waals surface area contributed by atoms with Gasteiger partial charge in [-0.3, -0.25) is 4.90 Å². The van der Waals surface area contributed by atoms with E-state index in [2.05, 4.69) is 14.8 Å². The van der Waals surface area contributed by atoms with E-state index in [0.29, 0.717) is 5.65 Å². The van der Waals surface area contributed by atoms with Crippen molar-refractivity contribution >= 4 is 29.0 Å². The van der Waals surface area contributed by atoms with Gasteiger partial charge in [-0.1, -0.05) is 43.6 Å². The summed E-state index contributed by atoms with van der Waals surface area (Å²) in [5.41, 5.74) is 0.547. The van der Waals surface area contributed by atoms with Gasteiger partial charge in [0.25, 0.3) is 0 Å². The van der Waals surface area contributed by atoms with Gasteiger partial charge in [-0.25, -0.2) is 14.3 Å². The summed E-state index contributed by atoms with van der Waals surface area (Å²) in [5, 5.41) is 4.35. The average molecular weight is 485 g/mol. The minimum atomic E-state index is -4.89. The Hall–Kier alpha value is -3.01. The fourth-order valence-electron chi connectivity index (χ4n) is 3.13. The van der Waals surface area contributed by atoms with Crippen LogP contribution in [-0.4, -0.2) is 32.7 Å². The van der Waals surface area contributed by atoms with Gasteiger partial charge in [0, 0.05) is 11.6 Å².